The van der Waals surface area contributed by atoms with E-state index in [2.05, 4.69) is 5.32 Å². The minimum absolute atomic E-state index is 0.0316. The second kappa shape index (κ2) is 4.53. The van der Waals surface area contributed by atoms with Crippen LogP contribution in [0.15, 0.2) is 0 Å². The normalized spacial score (nSPS) is 39.3. The molecule has 0 aliphatic carbocycles. The summed E-state index contributed by atoms with van der Waals surface area (Å²) in [6, 6.07) is -0.197. The fourth-order valence-corrected chi connectivity index (χ4v) is 3.44. The van der Waals surface area contributed by atoms with Crippen LogP contribution in [-0.2, 0) is 14.3 Å². The summed E-state index contributed by atoms with van der Waals surface area (Å²) < 4.78 is 5.79. The Balaban J connectivity index is 1.74. The topological polar surface area (TPSA) is 58.6 Å². The number of nitrogens with zero attached hydrogens (tertiary/aromatic N) is 1. The van der Waals surface area contributed by atoms with Crippen molar-refractivity contribution in [3.8, 4) is 0 Å². The van der Waals surface area contributed by atoms with E-state index in [9.17, 15) is 9.59 Å². The number of carbonyl (C=O) groups is 2. The van der Waals surface area contributed by atoms with E-state index in [0.29, 0.717) is 6.10 Å². The lowest BCUT2D eigenvalue weighted by molar-refractivity contribution is -0.147. The minimum Gasteiger partial charge on any atom is -0.373 e. The molecule has 100 valence electrons. The minimum atomic E-state index is -0.324. The van der Waals surface area contributed by atoms with Gasteiger partial charge < -0.3 is 15.0 Å². The van der Waals surface area contributed by atoms with Crippen molar-refractivity contribution in [2.24, 2.45) is 0 Å². The molecule has 0 aromatic rings. The summed E-state index contributed by atoms with van der Waals surface area (Å²) in [6.45, 7) is 2.23. The van der Waals surface area contributed by atoms with Crippen LogP contribution in [0.25, 0.3) is 0 Å². The van der Waals surface area contributed by atoms with Crippen molar-refractivity contribution >= 4 is 11.8 Å². The smallest absolute Gasteiger partial charge is 0.245 e. The van der Waals surface area contributed by atoms with E-state index < -0.39 is 0 Å². The molecule has 5 nitrogen and oxygen atoms in total. The predicted octanol–water partition coefficient (Wildman–Crippen LogP) is 0.433. The van der Waals surface area contributed by atoms with E-state index >= 15 is 0 Å². The Labute approximate surface area is 107 Å². The maximum atomic E-state index is 12.4. The standard InChI is InChI=1S/C13H20N2O3/c1-2-3-9-13(17)15(7-12(16)14-9)10-6-8-4-5-11(10)18-8/h8-11H,2-7H2,1H3,(H,14,16). The molecule has 3 saturated heterocycles. The van der Waals surface area contributed by atoms with Crippen LogP contribution in [0.1, 0.15) is 39.0 Å². The summed E-state index contributed by atoms with van der Waals surface area (Å²) in [6.07, 6.45) is 5.13. The fraction of sp³-hybridized carbons (Fsp3) is 0.846. The lowest BCUT2D eigenvalue weighted by Gasteiger charge is -2.38. The highest BCUT2D eigenvalue weighted by atomic mass is 16.5. The van der Waals surface area contributed by atoms with E-state index in [1.165, 1.54) is 0 Å². The zero-order chi connectivity index (χ0) is 12.7. The van der Waals surface area contributed by atoms with Crippen molar-refractivity contribution in [1.82, 2.24) is 10.2 Å². The molecule has 0 saturated carbocycles. The number of ether oxygens (including phenoxy) is 1. The summed E-state index contributed by atoms with van der Waals surface area (Å²) in [4.78, 5) is 25.9. The van der Waals surface area contributed by atoms with E-state index in [-0.39, 0.29) is 36.5 Å². The van der Waals surface area contributed by atoms with E-state index in [0.717, 1.165) is 32.1 Å². The number of piperazine rings is 1. The molecule has 3 rings (SSSR count). The Morgan fingerprint density at radius 3 is 2.83 bits per heavy atom. The van der Waals surface area contributed by atoms with Gasteiger partial charge in [0, 0.05) is 0 Å². The van der Waals surface area contributed by atoms with Gasteiger partial charge in [0.05, 0.1) is 18.2 Å². The molecule has 0 radical (unpaired) electrons. The average Bonchev–Trinajstić information content (AvgIpc) is 2.95. The van der Waals surface area contributed by atoms with Gasteiger partial charge in [-0.2, -0.15) is 0 Å². The van der Waals surface area contributed by atoms with Gasteiger partial charge >= 0.3 is 0 Å². The van der Waals surface area contributed by atoms with Gasteiger partial charge in [-0.1, -0.05) is 13.3 Å². The van der Waals surface area contributed by atoms with Gasteiger partial charge in [0.2, 0.25) is 11.8 Å². The number of amides is 2. The van der Waals surface area contributed by atoms with Crippen LogP contribution >= 0.6 is 0 Å². The van der Waals surface area contributed by atoms with E-state index in [1.54, 1.807) is 4.90 Å². The predicted molar refractivity (Wildman–Crippen MR) is 64.9 cm³/mol. The molecule has 3 aliphatic rings. The molecule has 2 bridgehead atoms. The lowest BCUT2D eigenvalue weighted by atomic mass is 9.92. The van der Waals surface area contributed by atoms with Crippen molar-refractivity contribution in [2.75, 3.05) is 6.54 Å². The van der Waals surface area contributed by atoms with Crippen LogP contribution in [0.3, 0.4) is 0 Å². The zero-order valence-electron chi connectivity index (χ0n) is 10.7. The van der Waals surface area contributed by atoms with Gasteiger partial charge in [-0.25, -0.2) is 0 Å². The number of rotatable bonds is 3. The summed E-state index contributed by atoms with van der Waals surface area (Å²) in [5.41, 5.74) is 0. The third-order valence-corrected chi connectivity index (χ3v) is 4.28. The zero-order valence-corrected chi connectivity index (χ0v) is 10.7. The molecular weight excluding hydrogens is 232 g/mol. The fourth-order valence-electron chi connectivity index (χ4n) is 3.44. The lowest BCUT2D eigenvalue weighted by Crippen LogP contribution is -2.62. The number of nitrogens with one attached hydrogen (secondary N) is 1. The van der Waals surface area contributed by atoms with Crippen LogP contribution in [0.2, 0.25) is 0 Å². The molecule has 3 aliphatic heterocycles. The van der Waals surface area contributed by atoms with Crippen LogP contribution in [0.5, 0.6) is 0 Å². The van der Waals surface area contributed by atoms with Crippen LogP contribution < -0.4 is 5.32 Å². The monoisotopic (exact) mass is 252 g/mol. The summed E-state index contributed by atoms with van der Waals surface area (Å²) in [7, 11) is 0. The van der Waals surface area contributed by atoms with Gasteiger partial charge in [-0.05, 0) is 25.7 Å². The van der Waals surface area contributed by atoms with Crippen molar-refractivity contribution in [3.05, 3.63) is 0 Å². The van der Waals surface area contributed by atoms with Crippen molar-refractivity contribution in [3.63, 3.8) is 0 Å². The molecule has 18 heavy (non-hydrogen) atoms. The van der Waals surface area contributed by atoms with Gasteiger partial charge in [0.25, 0.3) is 0 Å². The maximum absolute atomic E-state index is 12.4. The molecule has 0 aromatic carbocycles. The maximum Gasteiger partial charge on any atom is 0.245 e. The average molecular weight is 252 g/mol. The molecule has 3 heterocycles. The van der Waals surface area contributed by atoms with Gasteiger partial charge in [0.1, 0.15) is 12.6 Å². The quantitative estimate of drug-likeness (QED) is 0.792. The summed E-state index contributed by atoms with van der Waals surface area (Å²) >= 11 is 0. The molecule has 3 fully saturated rings. The van der Waals surface area contributed by atoms with Crippen LogP contribution in [-0.4, -0.2) is 47.6 Å². The van der Waals surface area contributed by atoms with Crippen molar-refractivity contribution < 1.29 is 14.3 Å². The number of hydrogen-bond donors (Lipinski definition) is 1. The van der Waals surface area contributed by atoms with E-state index in [4.69, 9.17) is 4.74 Å². The highest BCUT2D eigenvalue weighted by Crippen LogP contribution is 2.37. The SMILES string of the molecule is CCCC1NC(=O)CN(C2CC3CCC2O3)C1=O. The van der Waals surface area contributed by atoms with Gasteiger partial charge in [-0.3, -0.25) is 9.59 Å². The third kappa shape index (κ3) is 1.90. The molecule has 2 amide bonds. The molecular formula is C13H20N2O3. The van der Waals surface area contributed by atoms with Crippen molar-refractivity contribution in [2.45, 2.75) is 63.3 Å². The Morgan fingerprint density at radius 1 is 1.39 bits per heavy atom. The molecule has 0 spiro atoms. The Morgan fingerprint density at radius 2 is 2.22 bits per heavy atom. The second-order valence-electron chi connectivity index (χ2n) is 5.55. The molecule has 0 aromatic heterocycles. The highest BCUT2D eigenvalue weighted by molar-refractivity contribution is 5.95. The number of fused-ring (bicyclic) bond motifs is 2. The van der Waals surface area contributed by atoms with Gasteiger partial charge in [-0.15, -0.1) is 0 Å². The van der Waals surface area contributed by atoms with Crippen LogP contribution in [0, 0.1) is 0 Å². The molecule has 1 N–H and O–H groups in total. The first kappa shape index (κ1) is 12.0. The molecule has 5 heteroatoms. The Hall–Kier alpha value is -1.10. The summed E-state index contributed by atoms with van der Waals surface area (Å²) in [5.74, 6) is 0.0495. The Bertz CT molecular complexity index is 371. The number of hydrogen-bond acceptors (Lipinski definition) is 3. The highest BCUT2D eigenvalue weighted by Gasteiger charge is 2.47. The molecule has 4 atom stereocenters. The van der Waals surface area contributed by atoms with Crippen LogP contribution in [0.4, 0.5) is 0 Å². The first-order valence-corrected chi connectivity index (χ1v) is 6.94. The van der Waals surface area contributed by atoms with Crippen molar-refractivity contribution in [1.29, 1.82) is 0 Å². The van der Waals surface area contributed by atoms with E-state index in [1.807, 2.05) is 6.92 Å². The Kier molecular flexibility index (Phi) is 3.01. The first-order chi connectivity index (χ1) is 8.69. The second-order valence-corrected chi connectivity index (χ2v) is 5.55. The summed E-state index contributed by atoms with van der Waals surface area (Å²) in [5, 5.41) is 2.79. The number of carbonyl (C=O) groups excluding carboxylic acids is 2. The molecule has 4 unspecified atom stereocenters. The first-order valence-electron chi connectivity index (χ1n) is 6.94. The largest absolute Gasteiger partial charge is 0.373 e. The third-order valence-electron chi connectivity index (χ3n) is 4.28. The van der Waals surface area contributed by atoms with Gasteiger partial charge in [0.15, 0.2) is 0 Å².